The van der Waals surface area contributed by atoms with Gasteiger partial charge in [0, 0.05) is 6.04 Å². The molecule has 2 nitrogen and oxygen atoms in total. The summed E-state index contributed by atoms with van der Waals surface area (Å²) in [5, 5.41) is 9.18. The van der Waals surface area contributed by atoms with E-state index in [1.165, 1.54) is 6.42 Å². The summed E-state index contributed by atoms with van der Waals surface area (Å²) in [4.78, 5) is 0. The van der Waals surface area contributed by atoms with Crippen LogP contribution in [0, 0.1) is 0 Å². The number of rotatable bonds is 0. The normalized spacial score (nSPS) is 31.1. The van der Waals surface area contributed by atoms with Crippen LogP contribution in [0.5, 0.6) is 0 Å². The van der Waals surface area contributed by atoms with Crippen LogP contribution in [0.15, 0.2) is 0 Å². The molecular formula is C7H17Cl2NO. The number of nitrogens with two attached hydrogens (primary N) is 1. The Kier molecular flexibility index (Phi) is 9.15. The number of aliphatic hydroxyl groups is 1. The summed E-state index contributed by atoms with van der Waals surface area (Å²) in [6.07, 6.45) is 5.07. The SMILES string of the molecule is Cl.Cl.N[C@@H]1CCCC[C@H](O)C1. The van der Waals surface area contributed by atoms with Gasteiger partial charge in [-0.15, -0.1) is 24.8 Å². The summed E-state index contributed by atoms with van der Waals surface area (Å²) < 4.78 is 0. The van der Waals surface area contributed by atoms with Crippen LogP contribution in [-0.4, -0.2) is 17.3 Å². The first-order valence-corrected chi connectivity index (χ1v) is 3.72. The number of aliphatic hydroxyl groups excluding tert-OH is 1. The number of halogens is 2. The van der Waals surface area contributed by atoms with E-state index in [4.69, 9.17) is 5.73 Å². The Morgan fingerprint density at radius 1 is 1.09 bits per heavy atom. The first kappa shape index (κ1) is 14.0. The molecular weight excluding hydrogens is 185 g/mol. The number of hydrogen-bond donors (Lipinski definition) is 2. The lowest BCUT2D eigenvalue weighted by molar-refractivity contribution is 0.152. The molecule has 0 radical (unpaired) electrons. The third-order valence-corrected chi connectivity index (χ3v) is 1.94. The largest absolute Gasteiger partial charge is 0.393 e. The zero-order valence-electron chi connectivity index (χ0n) is 6.53. The van der Waals surface area contributed by atoms with E-state index >= 15 is 0 Å². The second-order valence-corrected chi connectivity index (χ2v) is 2.93. The summed E-state index contributed by atoms with van der Waals surface area (Å²) >= 11 is 0. The van der Waals surface area contributed by atoms with Gasteiger partial charge in [-0.05, 0) is 19.3 Å². The van der Waals surface area contributed by atoms with Crippen LogP contribution < -0.4 is 5.73 Å². The second kappa shape index (κ2) is 7.17. The van der Waals surface area contributed by atoms with Gasteiger partial charge in [-0.2, -0.15) is 0 Å². The lowest BCUT2D eigenvalue weighted by atomic mass is 10.1. The van der Waals surface area contributed by atoms with Crippen molar-refractivity contribution in [3.05, 3.63) is 0 Å². The van der Waals surface area contributed by atoms with Crippen molar-refractivity contribution in [3.63, 3.8) is 0 Å². The molecule has 0 spiro atoms. The molecule has 0 aromatic carbocycles. The average molecular weight is 202 g/mol. The Morgan fingerprint density at radius 2 is 1.64 bits per heavy atom. The predicted molar refractivity (Wildman–Crippen MR) is 51.6 cm³/mol. The van der Waals surface area contributed by atoms with Crippen LogP contribution >= 0.6 is 24.8 Å². The zero-order valence-corrected chi connectivity index (χ0v) is 8.16. The van der Waals surface area contributed by atoms with Crippen molar-refractivity contribution in [3.8, 4) is 0 Å². The fraction of sp³-hybridized carbons (Fsp3) is 1.00. The molecule has 1 rings (SSSR count). The van der Waals surface area contributed by atoms with E-state index in [9.17, 15) is 5.11 Å². The molecule has 3 N–H and O–H groups in total. The van der Waals surface area contributed by atoms with E-state index in [1.54, 1.807) is 0 Å². The Bertz CT molecular complexity index is 82.5. The minimum atomic E-state index is -0.123. The lowest BCUT2D eigenvalue weighted by Gasteiger charge is -2.09. The third-order valence-electron chi connectivity index (χ3n) is 1.94. The molecule has 70 valence electrons. The van der Waals surface area contributed by atoms with Gasteiger partial charge < -0.3 is 10.8 Å². The van der Waals surface area contributed by atoms with Crippen molar-refractivity contribution in [2.75, 3.05) is 0 Å². The van der Waals surface area contributed by atoms with Crippen molar-refractivity contribution in [1.82, 2.24) is 0 Å². The van der Waals surface area contributed by atoms with E-state index in [0.717, 1.165) is 25.7 Å². The van der Waals surface area contributed by atoms with E-state index < -0.39 is 0 Å². The lowest BCUT2D eigenvalue weighted by Crippen LogP contribution is -2.23. The zero-order chi connectivity index (χ0) is 6.69. The van der Waals surface area contributed by atoms with Gasteiger partial charge in [-0.25, -0.2) is 0 Å². The molecule has 0 aromatic rings. The Labute approximate surface area is 80.4 Å². The topological polar surface area (TPSA) is 46.2 Å². The molecule has 11 heavy (non-hydrogen) atoms. The van der Waals surface area contributed by atoms with Gasteiger partial charge in [-0.1, -0.05) is 12.8 Å². The van der Waals surface area contributed by atoms with Crippen LogP contribution in [0.1, 0.15) is 32.1 Å². The van der Waals surface area contributed by atoms with Crippen LogP contribution in [0.3, 0.4) is 0 Å². The maximum absolute atomic E-state index is 9.18. The van der Waals surface area contributed by atoms with Crippen molar-refractivity contribution >= 4 is 24.8 Å². The predicted octanol–water partition coefficient (Wildman–Crippen LogP) is 1.48. The highest BCUT2D eigenvalue weighted by Gasteiger charge is 2.13. The van der Waals surface area contributed by atoms with Gasteiger partial charge in [0.05, 0.1) is 6.10 Å². The van der Waals surface area contributed by atoms with Gasteiger partial charge in [0.1, 0.15) is 0 Å². The average Bonchev–Trinajstić information content (AvgIpc) is 1.93. The van der Waals surface area contributed by atoms with Crippen molar-refractivity contribution in [1.29, 1.82) is 0 Å². The molecule has 0 unspecified atom stereocenters. The van der Waals surface area contributed by atoms with E-state index in [0.29, 0.717) is 0 Å². The monoisotopic (exact) mass is 201 g/mol. The molecule has 1 saturated carbocycles. The second-order valence-electron chi connectivity index (χ2n) is 2.93. The van der Waals surface area contributed by atoms with Crippen molar-refractivity contribution < 1.29 is 5.11 Å². The standard InChI is InChI=1S/C7H15NO.2ClH/c8-6-3-1-2-4-7(9)5-6;;/h6-7,9H,1-5,8H2;2*1H/t6-,7+;;/m1../s1. The molecule has 0 amide bonds. The minimum Gasteiger partial charge on any atom is -0.393 e. The summed E-state index contributed by atoms with van der Waals surface area (Å²) in [5.74, 6) is 0. The highest BCUT2D eigenvalue weighted by molar-refractivity contribution is 5.85. The molecule has 0 bridgehead atoms. The van der Waals surface area contributed by atoms with Crippen LogP contribution in [0.25, 0.3) is 0 Å². The molecule has 1 aliphatic carbocycles. The summed E-state index contributed by atoms with van der Waals surface area (Å²) in [7, 11) is 0. The molecule has 0 saturated heterocycles. The van der Waals surface area contributed by atoms with Gasteiger partial charge >= 0.3 is 0 Å². The first-order valence-electron chi connectivity index (χ1n) is 3.72. The molecule has 1 fully saturated rings. The Balaban J connectivity index is 0. The van der Waals surface area contributed by atoms with Crippen molar-refractivity contribution in [2.24, 2.45) is 5.73 Å². The van der Waals surface area contributed by atoms with E-state index in [2.05, 4.69) is 0 Å². The van der Waals surface area contributed by atoms with Crippen molar-refractivity contribution in [2.45, 2.75) is 44.2 Å². The summed E-state index contributed by atoms with van der Waals surface area (Å²) in [5.41, 5.74) is 5.67. The third kappa shape index (κ3) is 5.74. The fourth-order valence-electron chi connectivity index (χ4n) is 1.37. The smallest absolute Gasteiger partial charge is 0.0555 e. The van der Waals surface area contributed by atoms with Gasteiger partial charge in [0.15, 0.2) is 0 Å². The molecule has 1 aliphatic rings. The molecule has 2 atom stereocenters. The molecule has 4 heteroatoms. The Morgan fingerprint density at radius 3 is 2.27 bits per heavy atom. The highest BCUT2D eigenvalue weighted by atomic mass is 35.5. The summed E-state index contributed by atoms with van der Waals surface area (Å²) in [6, 6.07) is 0.252. The Hall–Kier alpha value is 0.500. The minimum absolute atomic E-state index is 0. The highest BCUT2D eigenvalue weighted by Crippen LogP contribution is 2.15. The first-order chi connectivity index (χ1) is 4.29. The van der Waals surface area contributed by atoms with Gasteiger partial charge in [0.2, 0.25) is 0 Å². The molecule has 0 aliphatic heterocycles. The maximum Gasteiger partial charge on any atom is 0.0555 e. The van der Waals surface area contributed by atoms with Crippen LogP contribution in [0.4, 0.5) is 0 Å². The maximum atomic E-state index is 9.18. The van der Waals surface area contributed by atoms with Gasteiger partial charge in [0.25, 0.3) is 0 Å². The van der Waals surface area contributed by atoms with E-state index in [-0.39, 0.29) is 37.0 Å². The molecule has 0 heterocycles. The van der Waals surface area contributed by atoms with Crippen LogP contribution in [-0.2, 0) is 0 Å². The molecule has 0 aromatic heterocycles. The quantitative estimate of drug-likeness (QED) is 0.584. The fourth-order valence-corrected chi connectivity index (χ4v) is 1.37. The number of hydrogen-bond acceptors (Lipinski definition) is 2. The summed E-state index contributed by atoms with van der Waals surface area (Å²) in [6.45, 7) is 0. The van der Waals surface area contributed by atoms with Crippen LogP contribution in [0.2, 0.25) is 0 Å². The van der Waals surface area contributed by atoms with Gasteiger partial charge in [-0.3, -0.25) is 0 Å². The van der Waals surface area contributed by atoms with E-state index in [1.807, 2.05) is 0 Å².